The van der Waals surface area contributed by atoms with E-state index in [2.05, 4.69) is 15.3 Å². The molecule has 1 aromatic rings. The minimum absolute atomic E-state index is 0.0338. The van der Waals surface area contributed by atoms with E-state index in [4.69, 9.17) is 5.26 Å². The highest BCUT2D eigenvalue weighted by molar-refractivity contribution is 5.79. The average molecular weight is 231 g/mol. The standard InChI is InChI=1S/C11H13N5O/c1-13-11(17)8-2-5-16(7-8)10-9(6-12)14-3-4-15-10/h3-4,8H,2,5,7H2,1H3,(H,13,17). The molecule has 17 heavy (non-hydrogen) atoms. The molecule has 1 unspecified atom stereocenters. The molecule has 0 bridgehead atoms. The first kappa shape index (κ1) is 11.3. The minimum Gasteiger partial charge on any atom is -0.359 e. The van der Waals surface area contributed by atoms with Crippen LogP contribution in [0.3, 0.4) is 0 Å². The molecule has 1 aromatic heterocycles. The molecular weight excluding hydrogens is 218 g/mol. The summed E-state index contributed by atoms with van der Waals surface area (Å²) < 4.78 is 0. The fourth-order valence-electron chi connectivity index (χ4n) is 2.01. The van der Waals surface area contributed by atoms with Gasteiger partial charge in [-0.1, -0.05) is 0 Å². The Labute approximate surface area is 99.3 Å². The molecule has 6 nitrogen and oxygen atoms in total. The Hall–Kier alpha value is -2.16. The highest BCUT2D eigenvalue weighted by Crippen LogP contribution is 2.23. The van der Waals surface area contributed by atoms with Crippen LogP contribution in [-0.2, 0) is 4.79 Å². The normalized spacial score (nSPS) is 18.8. The van der Waals surface area contributed by atoms with E-state index < -0.39 is 0 Å². The predicted molar refractivity (Wildman–Crippen MR) is 61.1 cm³/mol. The third-order valence-corrected chi connectivity index (χ3v) is 2.89. The Balaban J connectivity index is 2.16. The molecule has 0 spiro atoms. The first-order valence-electron chi connectivity index (χ1n) is 5.44. The van der Waals surface area contributed by atoms with Gasteiger partial charge in [0.2, 0.25) is 5.91 Å². The van der Waals surface area contributed by atoms with E-state index in [1.165, 1.54) is 6.20 Å². The fraction of sp³-hybridized carbons (Fsp3) is 0.455. The fourth-order valence-corrected chi connectivity index (χ4v) is 2.01. The quantitative estimate of drug-likeness (QED) is 0.770. The van der Waals surface area contributed by atoms with Crippen LogP contribution >= 0.6 is 0 Å². The van der Waals surface area contributed by atoms with Crippen molar-refractivity contribution >= 4 is 11.7 Å². The summed E-state index contributed by atoms with van der Waals surface area (Å²) in [6, 6.07) is 2.01. The van der Waals surface area contributed by atoms with Crippen LogP contribution in [0, 0.1) is 17.2 Å². The number of anilines is 1. The van der Waals surface area contributed by atoms with Crippen LogP contribution in [-0.4, -0.2) is 36.0 Å². The van der Waals surface area contributed by atoms with Gasteiger partial charge in [-0.3, -0.25) is 4.79 Å². The number of carbonyl (C=O) groups is 1. The summed E-state index contributed by atoms with van der Waals surface area (Å²) in [5.41, 5.74) is 0.310. The van der Waals surface area contributed by atoms with E-state index in [-0.39, 0.29) is 11.8 Å². The summed E-state index contributed by atoms with van der Waals surface area (Å²) in [6.45, 7) is 1.32. The molecular formula is C11H13N5O. The van der Waals surface area contributed by atoms with Crippen LogP contribution in [0.2, 0.25) is 0 Å². The van der Waals surface area contributed by atoms with E-state index in [1.807, 2.05) is 11.0 Å². The number of carbonyl (C=O) groups excluding carboxylic acids is 1. The van der Waals surface area contributed by atoms with Crippen molar-refractivity contribution in [1.82, 2.24) is 15.3 Å². The smallest absolute Gasteiger partial charge is 0.224 e. The molecule has 2 heterocycles. The zero-order valence-corrected chi connectivity index (χ0v) is 9.55. The van der Waals surface area contributed by atoms with Crippen LogP contribution in [0.5, 0.6) is 0 Å². The van der Waals surface area contributed by atoms with Gasteiger partial charge in [0.05, 0.1) is 5.92 Å². The second kappa shape index (κ2) is 4.78. The predicted octanol–water partition coefficient (Wildman–Crippen LogP) is -0.0794. The molecule has 0 saturated carbocycles. The lowest BCUT2D eigenvalue weighted by molar-refractivity contribution is -0.123. The second-order valence-electron chi connectivity index (χ2n) is 3.89. The Morgan fingerprint density at radius 2 is 2.35 bits per heavy atom. The Bertz CT molecular complexity index is 467. The molecule has 1 aliphatic rings. The maximum Gasteiger partial charge on any atom is 0.224 e. The number of aromatic nitrogens is 2. The third kappa shape index (κ3) is 2.18. The SMILES string of the molecule is CNC(=O)C1CCN(c2nccnc2C#N)C1. The molecule has 1 saturated heterocycles. The molecule has 0 radical (unpaired) electrons. The lowest BCUT2D eigenvalue weighted by Gasteiger charge is -2.17. The third-order valence-electron chi connectivity index (χ3n) is 2.89. The number of hydrogen-bond acceptors (Lipinski definition) is 5. The van der Waals surface area contributed by atoms with Crippen LogP contribution in [0.1, 0.15) is 12.1 Å². The summed E-state index contributed by atoms with van der Waals surface area (Å²) in [6.07, 6.45) is 3.83. The molecule has 1 atom stereocenters. The molecule has 88 valence electrons. The minimum atomic E-state index is -0.0338. The summed E-state index contributed by atoms with van der Waals surface area (Å²) in [5.74, 6) is 0.574. The van der Waals surface area contributed by atoms with Gasteiger partial charge in [-0.05, 0) is 6.42 Å². The van der Waals surface area contributed by atoms with E-state index in [9.17, 15) is 4.79 Å². The van der Waals surface area contributed by atoms with Crippen molar-refractivity contribution in [2.75, 3.05) is 25.0 Å². The van der Waals surface area contributed by atoms with Gasteiger partial charge in [0.1, 0.15) is 6.07 Å². The van der Waals surface area contributed by atoms with Gasteiger partial charge in [-0.25, -0.2) is 9.97 Å². The lowest BCUT2D eigenvalue weighted by Crippen LogP contribution is -2.30. The van der Waals surface area contributed by atoms with Crippen molar-refractivity contribution in [2.45, 2.75) is 6.42 Å². The Morgan fingerprint density at radius 1 is 1.59 bits per heavy atom. The summed E-state index contributed by atoms with van der Waals surface area (Å²) >= 11 is 0. The van der Waals surface area contributed by atoms with Crippen molar-refractivity contribution in [3.05, 3.63) is 18.1 Å². The largest absolute Gasteiger partial charge is 0.359 e. The zero-order valence-electron chi connectivity index (χ0n) is 9.55. The summed E-state index contributed by atoms with van der Waals surface area (Å²) in [7, 11) is 1.63. The summed E-state index contributed by atoms with van der Waals surface area (Å²) in [5, 5.41) is 11.6. The molecule has 2 rings (SSSR count). The molecule has 0 aliphatic carbocycles. The van der Waals surface area contributed by atoms with Crippen molar-refractivity contribution in [1.29, 1.82) is 5.26 Å². The van der Waals surface area contributed by atoms with E-state index in [1.54, 1.807) is 13.2 Å². The number of hydrogen-bond donors (Lipinski definition) is 1. The van der Waals surface area contributed by atoms with Gasteiger partial charge in [-0.2, -0.15) is 5.26 Å². The molecule has 1 N–H and O–H groups in total. The number of rotatable bonds is 2. The Kier molecular flexibility index (Phi) is 3.19. The highest BCUT2D eigenvalue weighted by atomic mass is 16.1. The monoisotopic (exact) mass is 231 g/mol. The van der Waals surface area contributed by atoms with E-state index in [0.29, 0.717) is 18.1 Å². The summed E-state index contributed by atoms with van der Waals surface area (Å²) in [4.78, 5) is 21.6. The average Bonchev–Trinajstić information content (AvgIpc) is 2.87. The molecule has 6 heteroatoms. The van der Waals surface area contributed by atoms with E-state index >= 15 is 0 Å². The van der Waals surface area contributed by atoms with Crippen LogP contribution in [0.4, 0.5) is 5.82 Å². The molecule has 1 fully saturated rings. The topological polar surface area (TPSA) is 81.9 Å². The second-order valence-corrected chi connectivity index (χ2v) is 3.89. The maximum absolute atomic E-state index is 11.5. The van der Waals surface area contributed by atoms with Gasteiger partial charge in [-0.15, -0.1) is 0 Å². The molecule has 0 aromatic carbocycles. The Morgan fingerprint density at radius 3 is 3.06 bits per heavy atom. The van der Waals surface area contributed by atoms with Crippen molar-refractivity contribution < 1.29 is 4.79 Å². The van der Waals surface area contributed by atoms with Gasteiger partial charge >= 0.3 is 0 Å². The highest BCUT2D eigenvalue weighted by Gasteiger charge is 2.29. The molecule has 1 amide bonds. The number of nitrogens with one attached hydrogen (secondary N) is 1. The van der Waals surface area contributed by atoms with Crippen molar-refractivity contribution in [3.63, 3.8) is 0 Å². The van der Waals surface area contributed by atoms with E-state index in [0.717, 1.165) is 13.0 Å². The molecule has 1 aliphatic heterocycles. The van der Waals surface area contributed by atoms with Crippen LogP contribution in [0.15, 0.2) is 12.4 Å². The number of nitrogens with zero attached hydrogens (tertiary/aromatic N) is 4. The van der Waals surface area contributed by atoms with Crippen LogP contribution in [0.25, 0.3) is 0 Å². The first-order chi connectivity index (χ1) is 8.26. The zero-order chi connectivity index (χ0) is 12.3. The van der Waals surface area contributed by atoms with Gasteiger partial charge in [0.15, 0.2) is 11.5 Å². The lowest BCUT2D eigenvalue weighted by atomic mass is 10.1. The van der Waals surface area contributed by atoms with Crippen molar-refractivity contribution in [2.24, 2.45) is 5.92 Å². The van der Waals surface area contributed by atoms with Gasteiger partial charge < -0.3 is 10.2 Å². The first-order valence-corrected chi connectivity index (χ1v) is 5.44. The number of amides is 1. The number of nitriles is 1. The van der Waals surface area contributed by atoms with Gasteiger partial charge in [0.25, 0.3) is 0 Å². The van der Waals surface area contributed by atoms with Crippen molar-refractivity contribution in [3.8, 4) is 6.07 Å². The van der Waals surface area contributed by atoms with Crippen LogP contribution < -0.4 is 10.2 Å². The maximum atomic E-state index is 11.5. The van der Waals surface area contributed by atoms with Gasteiger partial charge in [0, 0.05) is 32.5 Å².